The van der Waals surface area contributed by atoms with Crippen molar-refractivity contribution in [3.05, 3.63) is 41.7 Å². The lowest BCUT2D eigenvalue weighted by molar-refractivity contribution is 0.340. The summed E-state index contributed by atoms with van der Waals surface area (Å²) >= 11 is 0. The molecule has 114 valence electrons. The van der Waals surface area contributed by atoms with Crippen LogP contribution in [0, 0.1) is 0 Å². The summed E-state index contributed by atoms with van der Waals surface area (Å²) < 4.78 is 7.54. The van der Waals surface area contributed by atoms with Crippen LogP contribution in [0.3, 0.4) is 0 Å². The zero-order chi connectivity index (χ0) is 15.1. The minimum Gasteiger partial charge on any atom is -0.494 e. The highest BCUT2D eigenvalue weighted by Crippen LogP contribution is 2.19. The monoisotopic (exact) mass is 287 g/mol. The zero-order valence-corrected chi connectivity index (χ0v) is 13.2. The number of nitrogens with one attached hydrogen (secondary N) is 1. The molecule has 0 bridgehead atoms. The van der Waals surface area contributed by atoms with Crippen LogP contribution < -0.4 is 10.1 Å². The molecule has 1 heterocycles. The van der Waals surface area contributed by atoms with E-state index in [0.717, 1.165) is 37.4 Å². The van der Waals surface area contributed by atoms with Crippen LogP contribution in [0.4, 0.5) is 0 Å². The molecule has 0 aliphatic carbocycles. The van der Waals surface area contributed by atoms with Crippen LogP contribution in [0.2, 0.25) is 0 Å². The zero-order valence-electron chi connectivity index (χ0n) is 13.2. The predicted octanol–water partition coefficient (Wildman–Crippen LogP) is 3.33. The molecule has 0 saturated carbocycles. The standard InChI is InChI=1S/C17H25N3O/c1-4-7-17-14(12-18-5-2)13-19-20(17)15-8-10-16(11-9-15)21-6-3/h8-11,13,18H,4-7,12H2,1-3H3. The fourth-order valence-corrected chi connectivity index (χ4v) is 2.39. The Morgan fingerprint density at radius 3 is 2.52 bits per heavy atom. The lowest BCUT2D eigenvalue weighted by atomic mass is 10.1. The van der Waals surface area contributed by atoms with Crippen molar-refractivity contribution >= 4 is 0 Å². The van der Waals surface area contributed by atoms with Gasteiger partial charge in [-0.1, -0.05) is 20.3 Å². The van der Waals surface area contributed by atoms with Crippen LogP contribution in [-0.2, 0) is 13.0 Å². The molecule has 0 fully saturated rings. The molecule has 0 saturated heterocycles. The van der Waals surface area contributed by atoms with Crippen LogP contribution >= 0.6 is 0 Å². The van der Waals surface area contributed by atoms with Crippen molar-refractivity contribution in [1.82, 2.24) is 15.1 Å². The van der Waals surface area contributed by atoms with Gasteiger partial charge in [0.1, 0.15) is 5.75 Å². The maximum atomic E-state index is 5.49. The summed E-state index contributed by atoms with van der Waals surface area (Å²) in [6, 6.07) is 8.13. The molecule has 1 aromatic carbocycles. The first-order valence-corrected chi connectivity index (χ1v) is 7.79. The van der Waals surface area contributed by atoms with Gasteiger partial charge in [-0.15, -0.1) is 0 Å². The molecule has 0 unspecified atom stereocenters. The van der Waals surface area contributed by atoms with E-state index in [-0.39, 0.29) is 0 Å². The maximum absolute atomic E-state index is 5.49. The van der Waals surface area contributed by atoms with E-state index in [1.165, 1.54) is 11.3 Å². The fourth-order valence-electron chi connectivity index (χ4n) is 2.39. The third-order valence-electron chi connectivity index (χ3n) is 3.40. The Labute approximate surface area is 127 Å². The Hall–Kier alpha value is -1.81. The van der Waals surface area contributed by atoms with Crippen molar-refractivity contribution in [2.75, 3.05) is 13.2 Å². The van der Waals surface area contributed by atoms with Gasteiger partial charge in [0.25, 0.3) is 0 Å². The Bertz CT molecular complexity index is 546. The van der Waals surface area contributed by atoms with E-state index in [1.807, 2.05) is 29.9 Å². The molecule has 2 rings (SSSR count). The lowest BCUT2D eigenvalue weighted by Crippen LogP contribution is -2.13. The van der Waals surface area contributed by atoms with Crippen LogP contribution in [0.15, 0.2) is 30.5 Å². The molecule has 1 aromatic heterocycles. The fraction of sp³-hybridized carbons (Fsp3) is 0.471. The summed E-state index contributed by atoms with van der Waals surface area (Å²) in [5.74, 6) is 0.901. The average Bonchev–Trinajstić information content (AvgIpc) is 2.90. The summed E-state index contributed by atoms with van der Waals surface area (Å²) in [4.78, 5) is 0. The minimum absolute atomic E-state index is 0.690. The van der Waals surface area contributed by atoms with Crippen LogP contribution in [0.1, 0.15) is 38.4 Å². The SMILES string of the molecule is CCCc1c(CNCC)cnn1-c1ccc(OCC)cc1. The summed E-state index contributed by atoms with van der Waals surface area (Å²) in [7, 11) is 0. The number of hydrogen-bond acceptors (Lipinski definition) is 3. The molecule has 2 aromatic rings. The van der Waals surface area contributed by atoms with E-state index in [4.69, 9.17) is 4.74 Å². The number of rotatable bonds is 8. The highest BCUT2D eigenvalue weighted by molar-refractivity contribution is 5.39. The van der Waals surface area contributed by atoms with E-state index >= 15 is 0 Å². The number of benzene rings is 1. The quantitative estimate of drug-likeness (QED) is 0.809. The Morgan fingerprint density at radius 1 is 1.14 bits per heavy atom. The van der Waals surface area contributed by atoms with E-state index in [2.05, 4.69) is 36.4 Å². The summed E-state index contributed by atoms with van der Waals surface area (Å²) in [5.41, 5.74) is 3.67. The van der Waals surface area contributed by atoms with Gasteiger partial charge in [-0.05, 0) is 44.2 Å². The van der Waals surface area contributed by atoms with Crippen molar-refractivity contribution in [1.29, 1.82) is 0 Å². The second-order valence-corrected chi connectivity index (χ2v) is 4.99. The molecule has 0 aliphatic heterocycles. The molecule has 1 N–H and O–H groups in total. The first-order valence-electron chi connectivity index (χ1n) is 7.79. The predicted molar refractivity (Wildman–Crippen MR) is 86.1 cm³/mol. The number of aromatic nitrogens is 2. The van der Waals surface area contributed by atoms with Crippen LogP contribution in [0.25, 0.3) is 5.69 Å². The van der Waals surface area contributed by atoms with Gasteiger partial charge in [0.05, 0.1) is 18.5 Å². The van der Waals surface area contributed by atoms with Gasteiger partial charge in [0.15, 0.2) is 0 Å². The van der Waals surface area contributed by atoms with E-state index in [0.29, 0.717) is 6.61 Å². The van der Waals surface area contributed by atoms with Gasteiger partial charge >= 0.3 is 0 Å². The smallest absolute Gasteiger partial charge is 0.119 e. The van der Waals surface area contributed by atoms with Crippen molar-refractivity contribution < 1.29 is 4.74 Å². The molecule has 0 aliphatic rings. The molecular weight excluding hydrogens is 262 g/mol. The molecule has 21 heavy (non-hydrogen) atoms. The molecular formula is C17H25N3O. The first-order chi connectivity index (χ1) is 10.3. The lowest BCUT2D eigenvalue weighted by Gasteiger charge is -2.10. The van der Waals surface area contributed by atoms with Crippen molar-refractivity contribution in [2.24, 2.45) is 0 Å². The Kier molecular flexibility index (Phi) is 5.81. The topological polar surface area (TPSA) is 39.1 Å². The third kappa shape index (κ3) is 3.85. The van der Waals surface area contributed by atoms with Crippen molar-refractivity contribution in [3.63, 3.8) is 0 Å². The van der Waals surface area contributed by atoms with Crippen molar-refractivity contribution in [3.8, 4) is 11.4 Å². The number of nitrogens with zero attached hydrogens (tertiary/aromatic N) is 2. The highest BCUT2D eigenvalue weighted by atomic mass is 16.5. The van der Waals surface area contributed by atoms with E-state index in [9.17, 15) is 0 Å². The van der Waals surface area contributed by atoms with Crippen LogP contribution in [-0.4, -0.2) is 22.9 Å². The van der Waals surface area contributed by atoms with Gasteiger partial charge in [0, 0.05) is 17.8 Å². The average molecular weight is 287 g/mol. The minimum atomic E-state index is 0.690. The van der Waals surface area contributed by atoms with E-state index < -0.39 is 0 Å². The maximum Gasteiger partial charge on any atom is 0.119 e. The van der Waals surface area contributed by atoms with Crippen LogP contribution in [0.5, 0.6) is 5.75 Å². The van der Waals surface area contributed by atoms with Gasteiger partial charge in [-0.2, -0.15) is 5.10 Å². The highest BCUT2D eigenvalue weighted by Gasteiger charge is 2.11. The third-order valence-corrected chi connectivity index (χ3v) is 3.40. The second-order valence-electron chi connectivity index (χ2n) is 4.99. The normalized spacial score (nSPS) is 10.8. The molecule has 4 heteroatoms. The largest absolute Gasteiger partial charge is 0.494 e. The Morgan fingerprint density at radius 2 is 1.90 bits per heavy atom. The molecule has 0 atom stereocenters. The summed E-state index contributed by atoms with van der Waals surface area (Å²) in [5, 5.41) is 7.95. The summed E-state index contributed by atoms with van der Waals surface area (Å²) in [6.07, 6.45) is 4.12. The first kappa shape index (κ1) is 15.6. The molecule has 0 amide bonds. The molecule has 4 nitrogen and oxygen atoms in total. The van der Waals surface area contributed by atoms with Gasteiger partial charge in [-0.3, -0.25) is 0 Å². The molecule has 0 spiro atoms. The second kappa shape index (κ2) is 7.84. The number of hydrogen-bond donors (Lipinski definition) is 1. The summed E-state index contributed by atoms with van der Waals surface area (Å²) in [6.45, 7) is 8.86. The van der Waals surface area contributed by atoms with E-state index in [1.54, 1.807) is 0 Å². The van der Waals surface area contributed by atoms with Gasteiger partial charge < -0.3 is 10.1 Å². The van der Waals surface area contributed by atoms with Crippen molar-refractivity contribution in [2.45, 2.75) is 40.2 Å². The van der Waals surface area contributed by atoms with Gasteiger partial charge in [0.2, 0.25) is 0 Å². The molecule has 0 radical (unpaired) electrons. The Balaban J connectivity index is 2.27. The van der Waals surface area contributed by atoms with Gasteiger partial charge in [-0.25, -0.2) is 4.68 Å². The number of ether oxygens (including phenoxy) is 1.